The van der Waals surface area contributed by atoms with E-state index in [1.807, 2.05) is 30.5 Å². The van der Waals surface area contributed by atoms with Gasteiger partial charge < -0.3 is 15.2 Å². The van der Waals surface area contributed by atoms with E-state index in [0.717, 1.165) is 15.9 Å². The number of imidazole rings is 1. The van der Waals surface area contributed by atoms with Gasteiger partial charge in [0.1, 0.15) is 6.54 Å². The van der Waals surface area contributed by atoms with Crippen LogP contribution in [0.3, 0.4) is 0 Å². The second-order valence-corrected chi connectivity index (χ2v) is 6.04. The summed E-state index contributed by atoms with van der Waals surface area (Å²) >= 11 is 3.36. The second kappa shape index (κ2) is 7.38. The Labute approximate surface area is 132 Å². The van der Waals surface area contributed by atoms with Crippen LogP contribution in [0, 0.1) is 0 Å². The summed E-state index contributed by atoms with van der Waals surface area (Å²) in [6, 6.07) is 7.91. The second-order valence-electron chi connectivity index (χ2n) is 5.13. The highest BCUT2D eigenvalue weighted by atomic mass is 79.9. The number of carbonyl (C=O) groups is 1. The molecule has 6 heteroatoms. The Morgan fingerprint density at radius 3 is 2.71 bits per heavy atom. The van der Waals surface area contributed by atoms with Crippen molar-refractivity contribution in [1.82, 2.24) is 14.9 Å². The van der Waals surface area contributed by atoms with Crippen LogP contribution in [0.15, 0.2) is 41.3 Å². The molecule has 1 aromatic carbocycles. The fourth-order valence-corrected chi connectivity index (χ4v) is 2.06. The summed E-state index contributed by atoms with van der Waals surface area (Å²) in [5.74, 6) is -0.0712. The molecule has 2 rings (SSSR count). The van der Waals surface area contributed by atoms with Crippen molar-refractivity contribution in [2.75, 3.05) is 5.32 Å². The van der Waals surface area contributed by atoms with Gasteiger partial charge in [-0.1, -0.05) is 29.8 Å². The third kappa shape index (κ3) is 5.32. The van der Waals surface area contributed by atoms with Crippen LogP contribution in [-0.2, 0) is 17.9 Å². The maximum absolute atomic E-state index is 12.0. The van der Waals surface area contributed by atoms with Gasteiger partial charge in [-0.15, -0.1) is 0 Å². The highest BCUT2D eigenvalue weighted by Crippen LogP contribution is 2.14. The van der Waals surface area contributed by atoms with E-state index >= 15 is 0 Å². The topological polar surface area (TPSA) is 59.0 Å². The van der Waals surface area contributed by atoms with Gasteiger partial charge in [0.2, 0.25) is 5.91 Å². The lowest BCUT2D eigenvalue weighted by Gasteiger charge is -2.06. The SMILES string of the molecule is CC(C)NCc1cn(CC(=O)Nc2ccc(Br)cc2)cn1. The molecule has 21 heavy (non-hydrogen) atoms. The summed E-state index contributed by atoms with van der Waals surface area (Å²) in [4.78, 5) is 16.2. The van der Waals surface area contributed by atoms with Crippen molar-refractivity contribution in [1.29, 1.82) is 0 Å². The normalized spacial score (nSPS) is 10.9. The molecule has 5 nitrogen and oxygen atoms in total. The Hall–Kier alpha value is -1.66. The number of amides is 1. The molecule has 0 aliphatic carbocycles. The summed E-state index contributed by atoms with van der Waals surface area (Å²) in [6.07, 6.45) is 3.56. The van der Waals surface area contributed by atoms with Crippen LogP contribution >= 0.6 is 15.9 Å². The van der Waals surface area contributed by atoms with Crippen LogP contribution in [0.2, 0.25) is 0 Å². The van der Waals surface area contributed by atoms with E-state index in [0.29, 0.717) is 12.6 Å². The maximum atomic E-state index is 12.0. The minimum atomic E-state index is -0.0712. The fourth-order valence-electron chi connectivity index (χ4n) is 1.79. The lowest BCUT2D eigenvalue weighted by molar-refractivity contribution is -0.116. The van der Waals surface area contributed by atoms with Crippen LogP contribution in [0.4, 0.5) is 5.69 Å². The average molecular weight is 351 g/mol. The molecule has 0 bridgehead atoms. The first-order chi connectivity index (χ1) is 10.0. The number of halogens is 1. The average Bonchev–Trinajstić information content (AvgIpc) is 2.86. The molecule has 2 aromatic rings. The minimum absolute atomic E-state index is 0.0712. The molecule has 1 heterocycles. The third-order valence-corrected chi connectivity index (χ3v) is 3.36. The van der Waals surface area contributed by atoms with Gasteiger partial charge in [0.05, 0.1) is 12.0 Å². The number of hydrogen-bond acceptors (Lipinski definition) is 3. The molecule has 0 spiro atoms. The largest absolute Gasteiger partial charge is 0.328 e. The zero-order valence-corrected chi connectivity index (χ0v) is 13.7. The number of nitrogens with zero attached hydrogens (tertiary/aromatic N) is 2. The molecule has 0 radical (unpaired) electrons. The molecule has 0 saturated carbocycles. The van der Waals surface area contributed by atoms with Gasteiger partial charge in [0.15, 0.2) is 0 Å². The molecule has 0 saturated heterocycles. The number of benzene rings is 1. The highest BCUT2D eigenvalue weighted by Gasteiger charge is 2.05. The first-order valence-electron chi connectivity index (χ1n) is 6.82. The molecular formula is C15H19BrN4O. The standard InChI is InChI=1S/C15H19BrN4O/c1-11(2)17-7-14-8-20(10-18-14)9-15(21)19-13-5-3-12(16)4-6-13/h3-6,8,10-11,17H,7,9H2,1-2H3,(H,19,21). The maximum Gasteiger partial charge on any atom is 0.244 e. The molecule has 0 aliphatic heterocycles. The van der Waals surface area contributed by atoms with Gasteiger partial charge in [-0.05, 0) is 24.3 Å². The van der Waals surface area contributed by atoms with E-state index in [4.69, 9.17) is 0 Å². The van der Waals surface area contributed by atoms with Crippen molar-refractivity contribution in [2.45, 2.75) is 33.0 Å². The van der Waals surface area contributed by atoms with Gasteiger partial charge in [-0.2, -0.15) is 0 Å². The molecule has 1 aromatic heterocycles. The van der Waals surface area contributed by atoms with Crippen molar-refractivity contribution in [3.8, 4) is 0 Å². The number of hydrogen-bond donors (Lipinski definition) is 2. The number of rotatable bonds is 6. The minimum Gasteiger partial charge on any atom is -0.328 e. The Morgan fingerprint density at radius 1 is 1.33 bits per heavy atom. The van der Waals surface area contributed by atoms with Gasteiger partial charge >= 0.3 is 0 Å². The summed E-state index contributed by atoms with van der Waals surface area (Å²) in [7, 11) is 0. The molecule has 2 N–H and O–H groups in total. The first kappa shape index (κ1) is 15.7. The predicted molar refractivity (Wildman–Crippen MR) is 87.0 cm³/mol. The van der Waals surface area contributed by atoms with Gasteiger partial charge in [-0.3, -0.25) is 4.79 Å². The van der Waals surface area contributed by atoms with E-state index < -0.39 is 0 Å². The van der Waals surface area contributed by atoms with Crippen molar-refractivity contribution in [2.24, 2.45) is 0 Å². The summed E-state index contributed by atoms with van der Waals surface area (Å²) in [5.41, 5.74) is 1.71. The molecule has 112 valence electrons. The first-order valence-corrected chi connectivity index (χ1v) is 7.61. The summed E-state index contributed by atoms with van der Waals surface area (Å²) in [6.45, 7) is 5.13. The molecule has 0 aliphatic rings. The number of aromatic nitrogens is 2. The van der Waals surface area contributed by atoms with Gasteiger partial charge in [0, 0.05) is 28.9 Å². The van der Waals surface area contributed by atoms with E-state index in [-0.39, 0.29) is 12.5 Å². The summed E-state index contributed by atoms with van der Waals surface area (Å²) in [5, 5.41) is 6.15. The van der Waals surface area contributed by atoms with E-state index in [2.05, 4.69) is 45.4 Å². The zero-order chi connectivity index (χ0) is 15.2. The number of nitrogens with one attached hydrogen (secondary N) is 2. The third-order valence-electron chi connectivity index (χ3n) is 2.83. The van der Waals surface area contributed by atoms with Gasteiger partial charge in [-0.25, -0.2) is 4.98 Å². The highest BCUT2D eigenvalue weighted by molar-refractivity contribution is 9.10. The summed E-state index contributed by atoms with van der Waals surface area (Å²) < 4.78 is 2.77. The molecule has 0 atom stereocenters. The van der Waals surface area contributed by atoms with Crippen molar-refractivity contribution in [3.63, 3.8) is 0 Å². The van der Waals surface area contributed by atoms with Crippen LogP contribution in [0.25, 0.3) is 0 Å². The molecule has 0 fully saturated rings. The van der Waals surface area contributed by atoms with Crippen molar-refractivity contribution < 1.29 is 4.79 Å². The molecule has 0 unspecified atom stereocenters. The smallest absolute Gasteiger partial charge is 0.244 e. The lowest BCUT2D eigenvalue weighted by atomic mass is 10.3. The van der Waals surface area contributed by atoms with E-state index in [1.165, 1.54) is 0 Å². The Kier molecular flexibility index (Phi) is 5.52. The lowest BCUT2D eigenvalue weighted by Crippen LogP contribution is -2.22. The number of carbonyl (C=O) groups excluding carboxylic acids is 1. The van der Waals surface area contributed by atoms with E-state index in [9.17, 15) is 4.79 Å². The van der Waals surface area contributed by atoms with Crippen LogP contribution in [0.1, 0.15) is 19.5 Å². The molecular weight excluding hydrogens is 332 g/mol. The Morgan fingerprint density at radius 2 is 2.05 bits per heavy atom. The fraction of sp³-hybridized carbons (Fsp3) is 0.333. The molecule has 1 amide bonds. The van der Waals surface area contributed by atoms with E-state index in [1.54, 1.807) is 10.9 Å². The number of anilines is 1. The van der Waals surface area contributed by atoms with Crippen LogP contribution in [0.5, 0.6) is 0 Å². The van der Waals surface area contributed by atoms with Crippen molar-refractivity contribution in [3.05, 3.63) is 47.0 Å². The van der Waals surface area contributed by atoms with Crippen molar-refractivity contribution >= 4 is 27.5 Å². The van der Waals surface area contributed by atoms with Gasteiger partial charge in [0.25, 0.3) is 0 Å². The zero-order valence-electron chi connectivity index (χ0n) is 12.1. The predicted octanol–water partition coefficient (Wildman–Crippen LogP) is 2.78. The quantitative estimate of drug-likeness (QED) is 0.841. The Bertz CT molecular complexity index is 592. The monoisotopic (exact) mass is 350 g/mol. The van der Waals surface area contributed by atoms with Crippen LogP contribution in [-0.4, -0.2) is 21.5 Å². The Balaban J connectivity index is 1.86. The van der Waals surface area contributed by atoms with Crippen LogP contribution < -0.4 is 10.6 Å².